The second-order valence-electron chi connectivity index (χ2n) is 6.92. The van der Waals surface area contributed by atoms with E-state index in [1.807, 2.05) is 13.0 Å². The number of pyridine rings is 1. The molecule has 2 rings (SSSR count). The maximum absolute atomic E-state index is 6.24. The first-order chi connectivity index (χ1) is 10.0. The van der Waals surface area contributed by atoms with E-state index in [0.717, 1.165) is 36.1 Å². The van der Waals surface area contributed by atoms with Crippen molar-refractivity contribution in [3.8, 4) is 5.75 Å². The molecule has 1 fully saturated rings. The number of nitrogens with zero attached hydrogens (tertiary/aromatic N) is 1. The highest BCUT2D eigenvalue weighted by Crippen LogP contribution is 2.28. The molecule has 0 radical (unpaired) electrons. The van der Waals surface area contributed by atoms with Crippen molar-refractivity contribution in [2.75, 3.05) is 6.54 Å². The lowest BCUT2D eigenvalue weighted by Gasteiger charge is -2.27. The van der Waals surface area contributed by atoms with Crippen LogP contribution in [0.3, 0.4) is 0 Å². The van der Waals surface area contributed by atoms with Gasteiger partial charge in [-0.1, -0.05) is 20.8 Å². The number of aromatic nitrogens is 1. The van der Waals surface area contributed by atoms with Crippen molar-refractivity contribution in [1.82, 2.24) is 10.3 Å². The molecular formula is C18H30N2O. The Morgan fingerprint density at radius 3 is 2.62 bits per heavy atom. The van der Waals surface area contributed by atoms with Crippen LogP contribution in [0.4, 0.5) is 0 Å². The molecule has 1 heterocycles. The topological polar surface area (TPSA) is 34.1 Å². The summed E-state index contributed by atoms with van der Waals surface area (Å²) in [6.07, 6.45) is 5.28. The van der Waals surface area contributed by atoms with Crippen molar-refractivity contribution in [3.05, 3.63) is 23.5 Å². The Kier molecular flexibility index (Phi) is 6.04. The maximum Gasteiger partial charge on any atom is 0.142 e. The van der Waals surface area contributed by atoms with Crippen molar-refractivity contribution < 1.29 is 4.74 Å². The minimum atomic E-state index is 0.370. The van der Waals surface area contributed by atoms with E-state index in [9.17, 15) is 0 Å². The normalized spacial score (nSPS) is 22.5. The zero-order valence-corrected chi connectivity index (χ0v) is 14.0. The lowest BCUT2D eigenvalue weighted by atomic mass is 9.89. The summed E-state index contributed by atoms with van der Waals surface area (Å²) in [6, 6.07) is 4.14. The SMILES string of the molecule is Cc1ccc(OC2CCC(C)CC2)c(CNCC(C)C)n1. The summed E-state index contributed by atoms with van der Waals surface area (Å²) < 4.78 is 6.24. The second kappa shape index (κ2) is 7.79. The van der Waals surface area contributed by atoms with Crippen molar-refractivity contribution in [3.63, 3.8) is 0 Å². The van der Waals surface area contributed by atoms with Gasteiger partial charge < -0.3 is 10.1 Å². The third-order valence-electron chi connectivity index (χ3n) is 4.17. The lowest BCUT2D eigenvalue weighted by molar-refractivity contribution is 0.133. The first-order valence-electron chi connectivity index (χ1n) is 8.38. The van der Waals surface area contributed by atoms with Crippen LogP contribution >= 0.6 is 0 Å². The molecule has 1 aliphatic carbocycles. The number of rotatable bonds is 6. The van der Waals surface area contributed by atoms with Gasteiger partial charge in [-0.2, -0.15) is 0 Å². The zero-order valence-electron chi connectivity index (χ0n) is 14.0. The monoisotopic (exact) mass is 290 g/mol. The van der Waals surface area contributed by atoms with Crippen LogP contribution in [0.2, 0.25) is 0 Å². The quantitative estimate of drug-likeness (QED) is 0.856. The minimum Gasteiger partial charge on any atom is -0.488 e. The number of hydrogen-bond donors (Lipinski definition) is 1. The van der Waals surface area contributed by atoms with Crippen LogP contribution in [0.25, 0.3) is 0 Å². The Balaban J connectivity index is 1.97. The number of nitrogens with one attached hydrogen (secondary N) is 1. The average molecular weight is 290 g/mol. The van der Waals surface area contributed by atoms with Gasteiger partial charge in [-0.25, -0.2) is 0 Å². The number of ether oxygens (including phenoxy) is 1. The van der Waals surface area contributed by atoms with Crippen LogP contribution in [0, 0.1) is 18.8 Å². The molecule has 1 aromatic heterocycles. The molecular weight excluding hydrogens is 260 g/mol. The molecule has 0 spiro atoms. The number of hydrogen-bond acceptors (Lipinski definition) is 3. The van der Waals surface area contributed by atoms with Gasteiger partial charge in [-0.3, -0.25) is 4.98 Å². The van der Waals surface area contributed by atoms with Crippen molar-refractivity contribution >= 4 is 0 Å². The van der Waals surface area contributed by atoms with E-state index >= 15 is 0 Å². The van der Waals surface area contributed by atoms with Crippen LogP contribution in [-0.4, -0.2) is 17.6 Å². The summed E-state index contributed by atoms with van der Waals surface area (Å²) in [4.78, 5) is 4.66. The Morgan fingerprint density at radius 2 is 1.95 bits per heavy atom. The Labute approximate surface area is 129 Å². The largest absolute Gasteiger partial charge is 0.488 e. The molecule has 1 saturated carbocycles. The van der Waals surface area contributed by atoms with E-state index in [1.54, 1.807) is 0 Å². The van der Waals surface area contributed by atoms with E-state index < -0.39 is 0 Å². The van der Waals surface area contributed by atoms with Gasteiger partial charge in [-0.05, 0) is 63.1 Å². The smallest absolute Gasteiger partial charge is 0.142 e. The summed E-state index contributed by atoms with van der Waals surface area (Å²) >= 11 is 0. The van der Waals surface area contributed by atoms with Gasteiger partial charge >= 0.3 is 0 Å². The Morgan fingerprint density at radius 1 is 1.24 bits per heavy atom. The Hall–Kier alpha value is -1.09. The van der Waals surface area contributed by atoms with Gasteiger partial charge in [0.1, 0.15) is 5.75 Å². The van der Waals surface area contributed by atoms with Gasteiger partial charge in [0.15, 0.2) is 0 Å². The fraction of sp³-hybridized carbons (Fsp3) is 0.722. The van der Waals surface area contributed by atoms with E-state index in [1.165, 1.54) is 25.7 Å². The fourth-order valence-corrected chi connectivity index (χ4v) is 2.84. The minimum absolute atomic E-state index is 0.370. The van der Waals surface area contributed by atoms with Crippen LogP contribution < -0.4 is 10.1 Å². The van der Waals surface area contributed by atoms with E-state index in [-0.39, 0.29) is 0 Å². The molecule has 118 valence electrons. The van der Waals surface area contributed by atoms with Gasteiger partial charge in [0.25, 0.3) is 0 Å². The molecule has 0 aromatic carbocycles. The molecule has 3 heteroatoms. The summed E-state index contributed by atoms with van der Waals surface area (Å²) in [5.41, 5.74) is 2.11. The highest BCUT2D eigenvalue weighted by Gasteiger charge is 2.20. The van der Waals surface area contributed by atoms with Gasteiger partial charge in [0.05, 0.1) is 11.8 Å². The van der Waals surface area contributed by atoms with Crippen LogP contribution in [-0.2, 0) is 6.54 Å². The molecule has 0 atom stereocenters. The summed E-state index contributed by atoms with van der Waals surface area (Å²) in [7, 11) is 0. The summed E-state index contributed by atoms with van der Waals surface area (Å²) in [6.45, 7) is 10.6. The maximum atomic E-state index is 6.24. The van der Waals surface area contributed by atoms with Gasteiger partial charge in [0.2, 0.25) is 0 Å². The lowest BCUT2D eigenvalue weighted by Crippen LogP contribution is -2.25. The zero-order chi connectivity index (χ0) is 15.2. The molecule has 0 unspecified atom stereocenters. The van der Waals surface area contributed by atoms with Crippen LogP contribution in [0.15, 0.2) is 12.1 Å². The van der Waals surface area contributed by atoms with Crippen LogP contribution in [0.5, 0.6) is 5.75 Å². The molecule has 3 nitrogen and oxygen atoms in total. The average Bonchev–Trinajstić information content (AvgIpc) is 2.43. The predicted octanol–water partition coefficient (Wildman–Crippen LogP) is 4.09. The van der Waals surface area contributed by atoms with Crippen molar-refractivity contribution in [2.45, 2.75) is 66.0 Å². The molecule has 0 bridgehead atoms. The van der Waals surface area contributed by atoms with Gasteiger partial charge in [0, 0.05) is 12.2 Å². The molecule has 1 N–H and O–H groups in total. The predicted molar refractivity (Wildman–Crippen MR) is 87.6 cm³/mol. The molecule has 0 amide bonds. The van der Waals surface area contributed by atoms with E-state index in [2.05, 4.69) is 37.1 Å². The third kappa shape index (κ3) is 5.31. The summed E-state index contributed by atoms with van der Waals surface area (Å²) in [5, 5.41) is 3.47. The van der Waals surface area contributed by atoms with Crippen LogP contribution in [0.1, 0.15) is 57.8 Å². The molecule has 1 aliphatic rings. The van der Waals surface area contributed by atoms with Crippen molar-refractivity contribution in [2.24, 2.45) is 11.8 Å². The first kappa shape index (κ1) is 16.3. The first-order valence-corrected chi connectivity index (χ1v) is 8.38. The second-order valence-corrected chi connectivity index (χ2v) is 6.92. The Bertz CT molecular complexity index is 437. The molecule has 0 saturated heterocycles. The standard InChI is InChI=1S/C18H30N2O/c1-13(2)11-19-12-17-18(10-7-15(4)20-17)21-16-8-5-14(3)6-9-16/h7,10,13-14,16,19H,5-6,8-9,11-12H2,1-4H3. The van der Waals surface area contributed by atoms with Crippen molar-refractivity contribution in [1.29, 1.82) is 0 Å². The molecule has 0 aliphatic heterocycles. The molecule has 1 aromatic rings. The third-order valence-corrected chi connectivity index (χ3v) is 4.17. The van der Waals surface area contributed by atoms with E-state index in [4.69, 9.17) is 4.74 Å². The summed E-state index contributed by atoms with van der Waals surface area (Å²) in [5.74, 6) is 2.48. The molecule has 21 heavy (non-hydrogen) atoms. The van der Waals surface area contributed by atoms with Gasteiger partial charge in [-0.15, -0.1) is 0 Å². The number of aryl methyl sites for hydroxylation is 1. The fourth-order valence-electron chi connectivity index (χ4n) is 2.84. The van der Waals surface area contributed by atoms with E-state index in [0.29, 0.717) is 12.0 Å². The highest BCUT2D eigenvalue weighted by atomic mass is 16.5. The highest BCUT2D eigenvalue weighted by molar-refractivity contribution is 5.29.